The zero-order valence-electron chi connectivity index (χ0n) is 6.41. The van der Waals surface area contributed by atoms with E-state index in [-0.39, 0.29) is 6.04 Å². The molecule has 2 nitrogen and oxygen atoms in total. The van der Waals surface area contributed by atoms with Gasteiger partial charge in [-0.25, -0.2) is 0 Å². The predicted octanol–water partition coefficient (Wildman–Crippen LogP) is 0.876. The first-order valence-electron chi connectivity index (χ1n) is 3.46. The van der Waals surface area contributed by atoms with Crippen molar-refractivity contribution in [1.29, 1.82) is 0 Å². The second kappa shape index (κ2) is 4.56. The summed E-state index contributed by atoms with van der Waals surface area (Å²) in [7, 11) is 0. The van der Waals surface area contributed by atoms with Gasteiger partial charge in [-0.2, -0.15) is 13.2 Å². The fourth-order valence-corrected chi connectivity index (χ4v) is 0.642. The fourth-order valence-electron chi connectivity index (χ4n) is 0.642. The van der Waals surface area contributed by atoms with Gasteiger partial charge in [0.15, 0.2) is 0 Å². The average Bonchev–Trinajstić information content (AvgIpc) is 1.83. The van der Waals surface area contributed by atoms with Crippen LogP contribution >= 0.6 is 0 Å². The molecule has 0 saturated carbocycles. The van der Waals surface area contributed by atoms with Gasteiger partial charge < -0.3 is 11.1 Å². The molecule has 0 aliphatic rings. The van der Waals surface area contributed by atoms with Crippen LogP contribution in [0.2, 0.25) is 0 Å². The van der Waals surface area contributed by atoms with E-state index in [0.717, 1.165) is 0 Å². The van der Waals surface area contributed by atoms with Crippen LogP contribution in [0.1, 0.15) is 13.3 Å². The normalized spacial score (nSPS) is 15.0. The van der Waals surface area contributed by atoms with E-state index < -0.39 is 12.7 Å². The van der Waals surface area contributed by atoms with E-state index in [1.807, 2.05) is 0 Å². The Morgan fingerprint density at radius 3 is 2.36 bits per heavy atom. The number of hydrogen-bond acceptors (Lipinski definition) is 2. The summed E-state index contributed by atoms with van der Waals surface area (Å²) in [6.07, 6.45) is -3.56. The zero-order valence-corrected chi connectivity index (χ0v) is 6.41. The molecular weight excluding hydrogens is 157 g/mol. The van der Waals surface area contributed by atoms with E-state index in [4.69, 9.17) is 5.73 Å². The maximum Gasteiger partial charge on any atom is 0.401 e. The number of nitrogens with two attached hydrogens (primary N) is 1. The van der Waals surface area contributed by atoms with Gasteiger partial charge in [-0.1, -0.05) is 0 Å². The number of rotatable bonds is 4. The van der Waals surface area contributed by atoms with Gasteiger partial charge in [0.1, 0.15) is 0 Å². The minimum atomic E-state index is -4.12. The van der Waals surface area contributed by atoms with Crippen LogP contribution in [0.4, 0.5) is 13.2 Å². The second-order valence-electron chi connectivity index (χ2n) is 2.47. The predicted molar refractivity (Wildman–Crippen MR) is 37.2 cm³/mol. The number of hydrogen-bond donors (Lipinski definition) is 2. The van der Waals surface area contributed by atoms with E-state index in [9.17, 15) is 13.2 Å². The minimum absolute atomic E-state index is 0.165. The van der Waals surface area contributed by atoms with Crippen LogP contribution < -0.4 is 11.1 Å². The fraction of sp³-hybridized carbons (Fsp3) is 1.00. The van der Waals surface area contributed by atoms with Crippen LogP contribution in [-0.4, -0.2) is 25.3 Å². The van der Waals surface area contributed by atoms with Gasteiger partial charge in [-0.3, -0.25) is 0 Å². The molecule has 0 rings (SSSR count). The molecule has 0 bridgehead atoms. The van der Waals surface area contributed by atoms with E-state index in [0.29, 0.717) is 13.0 Å². The lowest BCUT2D eigenvalue weighted by Crippen LogP contribution is -2.36. The molecule has 0 aliphatic heterocycles. The molecule has 0 aromatic heterocycles. The summed E-state index contributed by atoms with van der Waals surface area (Å²) in [5.74, 6) is 0. The first kappa shape index (κ1) is 10.7. The first-order valence-corrected chi connectivity index (χ1v) is 3.46. The highest BCUT2D eigenvalue weighted by molar-refractivity contribution is 4.63. The van der Waals surface area contributed by atoms with Crippen molar-refractivity contribution < 1.29 is 13.2 Å². The molecule has 0 aromatic rings. The standard InChI is InChI=1S/C6H13F3N2/c1-5(2-3-10)11-4-6(7,8)9/h5,11H,2-4,10H2,1H3. The SMILES string of the molecule is CC(CCN)NCC(F)(F)F. The van der Waals surface area contributed by atoms with Gasteiger partial charge in [0.2, 0.25) is 0 Å². The van der Waals surface area contributed by atoms with Crippen LogP contribution in [0.25, 0.3) is 0 Å². The lowest BCUT2D eigenvalue weighted by Gasteiger charge is -2.13. The van der Waals surface area contributed by atoms with Gasteiger partial charge in [0.05, 0.1) is 6.54 Å². The van der Waals surface area contributed by atoms with Crippen LogP contribution in [0, 0.1) is 0 Å². The van der Waals surface area contributed by atoms with Crippen molar-refractivity contribution >= 4 is 0 Å². The lowest BCUT2D eigenvalue weighted by molar-refractivity contribution is -0.126. The van der Waals surface area contributed by atoms with Crippen LogP contribution in [0.15, 0.2) is 0 Å². The summed E-state index contributed by atoms with van der Waals surface area (Å²) in [5, 5.41) is 2.32. The highest BCUT2D eigenvalue weighted by Crippen LogP contribution is 2.12. The van der Waals surface area contributed by atoms with E-state index in [1.165, 1.54) is 0 Å². The molecule has 0 radical (unpaired) electrons. The summed E-state index contributed by atoms with van der Waals surface area (Å²) in [5.41, 5.74) is 5.15. The van der Waals surface area contributed by atoms with Gasteiger partial charge in [-0.15, -0.1) is 0 Å². The average molecular weight is 170 g/mol. The molecule has 5 heteroatoms. The Bertz CT molecular complexity index is 102. The highest BCUT2D eigenvalue weighted by Gasteiger charge is 2.26. The third-order valence-electron chi connectivity index (χ3n) is 1.25. The Morgan fingerprint density at radius 1 is 1.45 bits per heavy atom. The third kappa shape index (κ3) is 7.61. The Morgan fingerprint density at radius 2 is 2.00 bits per heavy atom. The Labute approximate surface area is 64.0 Å². The van der Waals surface area contributed by atoms with Gasteiger partial charge in [0, 0.05) is 6.04 Å². The topological polar surface area (TPSA) is 38.0 Å². The summed E-state index contributed by atoms with van der Waals surface area (Å²) >= 11 is 0. The molecule has 0 saturated heterocycles. The number of halogens is 3. The number of nitrogens with one attached hydrogen (secondary N) is 1. The second-order valence-corrected chi connectivity index (χ2v) is 2.47. The molecule has 68 valence electrons. The van der Waals surface area contributed by atoms with Crippen LogP contribution in [-0.2, 0) is 0 Å². The quantitative estimate of drug-likeness (QED) is 0.657. The Hall–Kier alpha value is -0.290. The van der Waals surface area contributed by atoms with Crippen LogP contribution in [0.5, 0.6) is 0 Å². The molecule has 0 aliphatic carbocycles. The monoisotopic (exact) mass is 170 g/mol. The Balaban J connectivity index is 3.38. The molecule has 0 fully saturated rings. The van der Waals surface area contributed by atoms with Crippen molar-refractivity contribution in [2.24, 2.45) is 5.73 Å². The summed E-state index contributed by atoms with van der Waals surface area (Å²) in [6, 6.07) is -0.165. The van der Waals surface area contributed by atoms with Crippen molar-refractivity contribution in [2.45, 2.75) is 25.6 Å². The first-order chi connectivity index (χ1) is 4.95. The highest BCUT2D eigenvalue weighted by atomic mass is 19.4. The minimum Gasteiger partial charge on any atom is -0.330 e. The smallest absolute Gasteiger partial charge is 0.330 e. The van der Waals surface area contributed by atoms with Crippen molar-refractivity contribution in [3.8, 4) is 0 Å². The number of alkyl halides is 3. The van der Waals surface area contributed by atoms with Crippen molar-refractivity contribution in [3.05, 3.63) is 0 Å². The van der Waals surface area contributed by atoms with Gasteiger partial charge in [0.25, 0.3) is 0 Å². The van der Waals surface area contributed by atoms with Crippen molar-refractivity contribution in [3.63, 3.8) is 0 Å². The van der Waals surface area contributed by atoms with E-state index >= 15 is 0 Å². The van der Waals surface area contributed by atoms with Gasteiger partial charge in [-0.05, 0) is 19.9 Å². The molecule has 11 heavy (non-hydrogen) atoms. The van der Waals surface area contributed by atoms with Crippen molar-refractivity contribution in [2.75, 3.05) is 13.1 Å². The maximum atomic E-state index is 11.6. The van der Waals surface area contributed by atoms with E-state index in [2.05, 4.69) is 5.32 Å². The molecule has 0 spiro atoms. The summed E-state index contributed by atoms with van der Waals surface area (Å²) in [6.45, 7) is 1.15. The molecule has 0 amide bonds. The largest absolute Gasteiger partial charge is 0.401 e. The third-order valence-corrected chi connectivity index (χ3v) is 1.25. The van der Waals surface area contributed by atoms with Crippen LogP contribution in [0.3, 0.4) is 0 Å². The molecule has 0 heterocycles. The van der Waals surface area contributed by atoms with E-state index in [1.54, 1.807) is 6.92 Å². The van der Waals surface area contributed by atoms with Crippen molar-refractivity contribution in [1.82, 2.24) is 5.32 Å². The molecule has 1 unspecified atom stereocenters. The Kier molecular flexibility index (Phi) is 4.44. The molecule has 0 aromatic carbocycles. The lowest BCUT2D eigenvalue weighted by atomic mass is 10.2. The summed E-state index contributed by atoms with van der Waals surface area (Å²) in [4.78, 5) is 0. The zero-order chi connectivity index (χ0) is 8.91. The maximum absolute atomic E-state index is 11.6. The van der Waals surface area contributed by atoms with Gasteiger partial charge >= 0.3 is 6.18 Å². The molecule has 3 N–H and O–H groups in total. The summed E-state index contributed by atoms with van der Waals surface area (Å²) < 4.78 is 34.7. The molecular formula is C6H13F3N2. The molecule has 1 atom stereocenters.